The number of nitriles is 1. The van der Waals surface area contributed by atoms with Gasteiger partial charge >= 0.3 is 0 Å². The smallest absolute Gasteiger partial charge is 0.211 e. The summed E-state index contributed by atoms with van der Waals surface area (Å²) in [6.07, 6.45) is 3.64. The average molecular weight is 178 g/mol. The number of rotatable bonds is 2. The molecule has 66 valence electrons. The summed E-state index contributed by atoms with van der Waals surface area (Å²) in [6.45, 7) is 0. The molecule has 0 fully saturated rings. The van der Waals surface area contributed by atoms with Crippen LogP contribution in [0.25, 0.3) is 0 Å². The Labute approximate surface area is 74.3 Å². The summed E-state index contributed by atoms with van der Waals surface area (Å²) >= 11 is 0. The van der Waals surface area contributed by atoms with Crippen molar-refractivity contribution in [3.63, 3.8) is 0 Å². The normalized spacial score (nSPS) is 10.6. The molecule has 13 heavy (non-hydrogen) atoms. The van der Waals surface area contributed by atoms with Crippen LogP contribution < -0.4 is 4.73 Å². The van der Waals surface area contributed by atoms with Gasteiger partial charge in [-0.2, -0.15) is 9.99 Å². The minimum Gasteiger partial charge on any atom is -0.619 e. The first kappa shape index (κ1) is 8.93. The molecule has 0 aliphatic rings. The second-order valence-electron chi connectivity index (χ2n) is 2.04. The van der Waals surface area contributed by atoms with E-state index in [1.54, 1.807) is 6.07 Å². The highest BCUT2D eigenvalue weighted by Gasteiger charge is 2.07. The second-order valence-corrected chi connectivity index (χ2v) is 2.04. The summed E-state index contributed by atoms with van der Waals surface area (Å²) in [6, 6.07) is 1.76. The van der Waals surface area contributed by atoms with E-state index in [2.05, 4.69) is 15.0 Å². The molecule has 0 aliphatic carbocycles. The third kappa shape index (κ3) is 2.13. The summed E-state index contributed by atoms with van der Waals surface area (Å²) in [5, 5.41) is 22.8. The van der Waals surface area contributed by atoms with E-state index < -0.39 is 0 Å². The average Bonchev–Trinajstić information content (AvgIpc) is 2.14. The van der Waals surface area contributed by atoms with Gasteiger partial charge in [0.25, 0.3) is 0 Å². The first-order valence-electron chi connectivity index (χ1n) is 3.34. The van der Waals surface area contributed by atoms with Crippen LogP contribution in [0.3, 0.4) is 0 Å². The van der Waals surface area contributed by atoms with E-state index in [9.17, 15) is 5.21 Å². The molecule has 0 saturated heterocycles. The van der Waals surface area contributed by atoms with Crippen LogP contribution in [0.1, 0.15) is 5.69 Å². The Morgan fingerprint density at radius 1 is 1.85 bits per heavy atom. The van der Waals surface area contributed by atoms with Crippen molar-refractivity contribution in [3.05, 3.63) is 29.5 Å². The van der Waals surface area contributed by atoms with Crippen molar-refractivity contribution in [2.75, 3.05) is 7.11 Å². The Hall–Kier alpha value is -2.16. The molecule has 6 heteroatoms. The van der Waals surface area contributed by atoms with Crippen molar-refractivity contribution in [1.82, 2.24) is 4.98 Å². The van der Waals surface area contributed by atoms with Gasteiger partial charge in [0.05, 0.1) is 6.20 Å². The molecule has 1 heterocycles. The Kier molecular flexibility index (Phi) is 2.76. The topological polar surface area (TPSA) is 85.2 Å². The second kappa shape index (κ2) is 4.01. The number of aromatic nitrogens is 2. The molecule has 0 aliphatic heterocycles. The van der Waals surface area contributed by atoms with Gasteiger partial charge in [-0.25, -0.2) is 4.98 Å². The van der Waals surface area contributed by atoms with Crippen molar-refractivity contribution in [2.24, 2.45) is 5.16 Å². The summed E-state index contributed by atoms with van der Waals surface area (Å²) < 4.78 is 0.533. The maximum absolute atomic E-state index is 10.8. The molecule has 0 atom stereocenters. The molecule has 0 aromatic carbocycles. The van der Waals surface area contributed by atoms with Gasteiger partial charge in [0.15, 0.2) is 11.9 Å². The van der Waals surface area contributed by atoms with E-state index >= 15 is 0 Å². The molecule has 0 radical (unpaired) electrons. The Balaban J connectivity index is 3.07. The van der Waals surface area contributed by atoms with Crippen molar-refractivity contribution < 1.29 is 9.57 Å². The van der Waals surface area contributed by atoms with Crippen molar-refractivity contribution in [3.8, 4) is 6.07 Å². The SMILES string of the molecule is CO/N=C(/C#N)c1c[n+]([O-])ccn1. The van der Waals surface area contributed by atoms with E-state index in [0.29, 0.717) is 4.73 Å². The first-order valence-corrected chi connectivity index (χ1v) is 3.34. The minimum atomic E-state index is -0.0345. The summed E-state index contributed by atoms with van der Waals surface area (Å²) in [4.78, 5) is 8.18. The third-order valence-electron chi connectivity index (χ3n) is 1.21. The van der Waals surface area contributed by atoms with Gasteiger partial charge in [-0.1, -0.05) is 5.16 Å². The highest BCUT2D eigenvalue weighted by molar-refractivity contribution is 6.09. The lowest BCUT2D eigenvalue weighted by Crippen LogP contribution is -2.26. The van der Waals surface area contributed by atoms with Gasteiger partial charge in [0.2, 0.25) is 11.9 Å². The van der Waals surface area contributed by atoms with Crippen LogP contribution in [0.2, 0.25) is 0 Å². The highest BCUT2D eigenvalue weighted by atomic mass is 16.6. The molecule has 0 N–H and O–H groups in total. The summed E-state index contributed by atoms with van der Waals surface area (Å²) in [7, 11) is 1.31. The van der Waals surface area contributed by atoms with Crippen LogP contribution in [0.15, 0.2) is 23.7 Å². The fourth-order valence-electron chi connectivity index (χ4n) is 0.714. The van der Waals surface area contributed by atoms with Crippen LogP contribution >= 0.6 is 0 Å². The maximum atomic E-state index is 10.8. The van der Waals surface area contributed by atoms with Gasteiger partial charge in [-0.3, -0.25) is 0 Å². The fourth-order valence-corrected chi connectivity index (χ4v) is 0.714. The van der Waals surface area contributed by atoms with E-state index in [-0.39, 0.29) is 11.4 Å². The number of hydrogen-bond donors (Lipinski definition) is 0. The molecule has 6 nitrogen and oxygen atoms in total. The van der Waals surface area contributed by atoms with Crippen molar-refractivity contribution >= 4 is 5.71 Å². The van der Waals surface area contributed by atoms with Gasteiger partial charge in [-0.05, 0) is 0 Å². The Morgan fingerprint density at radius 3 is 3.15 bits per heavy atom. The first-order chi connectivity index (χ1) is 6.27. The Morgan fingerprint density at radius 2 is 2.62 bits per heavy atom. The molecule has 0 amide bonds. The van der Waals surface area contributed by atoms with Crippen LogP contribution in [0.5, 0.6) is 0 Å². The number of nitrogens with zero attached hydrogens (tertiary/aromatic N) is 4. The van der Waals surface area contributed by atoms with Crippen LogP contribution in [0, 0.1) is 16.5 Å². The minimum absolute atomic E-state index is 0.0345. The van der Waals surface area contributed by atoms with Crippen molar-refractivity contribution in [2.45, 2.75) is 0 Å². The Bertz CT molecular complexity index is 369. The van der Waals surface area contributed by atoms with Gasteiger partial charge < -0.3 is 10.0 Å². The predicted octanol–water partition coefficient (Wildman–Crippen LogP) is -0.411. The standard InChI is InChI=1S/C7H6N4O2/c1-13-10-6(4-8)7-5-11(12)3-2-9-7/h2-3,5H,1H3/b10-6-. The summed E-state index contributed by atoms with van der Waals surface area (Å²) in [5.74, 6) is 0. The molecule has 0 spiro atoms. The van der Waals surface area contributed by atoms with E-state index in [1.165, 1.54) is 19.5 Å². The maximum Gasteiger partial charge on any atom is 0.211 e. The van der Waals surface area contributed by atoms with Crippen LogP contribution in [0.4, 0.5) is 0 Å². The molecule has 1 aromatic rings. The lowest BCUT2D eigenvalue weighted by Gasteiger charge is -1.96. The molecule has 0 bridgehead atoms. The van der Waals surface area contributed by atoms with E-state index in [1.807, 2.05) is 0 Å². The highest BCUT2D eigenvalue weighted by Crippen LogP contribution is 1.92. The van der Waals surface area contributed by atoms with E-state index in [4.69, 9.17) is 5.26 Å². The largest absolute Gasteiger partial charge is 0.619 e. The van der Waals surface area contributed by atoms with Gasteiger partial charge in [-0.15, -0.1) is 0 Å². The summed E-state index contributed by atoms with van der Waals surface area (Å²) in [5.41, 5.74) is 0.148. The molecule has 1 rings (SSSR count). The fraction of sp³-hybridized carbons (Fsp3) is 0.143. The number of oxime groups is 1. The quantitative estimate of drug-likeness (QED) is 0.266. The van der Waals surface area contributed by atoms with Crippen molar-refractivity contribution in [1.29, 1.82) is 5.26 Å². The lowest BCUT2D eigenvalue weighted by atomic mass is 10.3. The number of hydrogen-bond acceptors (Lipinski definition) is 5. The monoisotopic (exact) mass is 178 g/mol. The lowest BCUT2D eigenvalue weighted by molar-refractivity contribution is -0.606. The molecule has 0 unspecified atom stereocenters. The van der Waals surface area contributed by atoms with Gasteiger partial charge in [0, 0.05) is 0 Å². The molecule has 1 aromatic heterocycles. The molecular formula is C7H6N4O2. The zero-order valence-corrected chi connectivity index (χ0v) is 6.84. The van der Waals surface area contributed by atoms with Crippen LogP contribution in [-0.4, -0.2) is 17.8 Å². The predicted molar refractivity (Wildman–Crippen MR) is 42.4 cm³/mol. The van der Waals surface area contributed by atoms with E-state index in [0.717, 1.165) is 6.20 Å². The third-order valence-corrected chi connectivity index (χ3v) is 1.21. The molecule has 0 saturated carbocycles. The van der Waals surface area contributed by atoms with Gasteiger partial charge in [0.1, 0.15) is 13.2 Å². The molecular weight excluding hydrogens is 172 g/mol. The van der Waals surface area contributed by atoms with Crippen LogP contribution in [-0.2, 0) is 4.84 Å². The zero-order valence-electron chi connectivity index (χ0n) is 6.84. The zero-order chi connectivity index (χ0) is 9.68.